The first kappa shape index (κ1) is 39.0. The van der Waals surface area contributed by atoms with Crippen LogP contribution in [-0.2, 0) is 0 Å². The highest BCUT2D eigenvalue weighted by Crippen LogP contribution is 2.36. The number of fused-ring (bicyclic) bond motifs is 3. The summed E-state index contributed by atoms with van der Waals surface area (Å²) < 4.78 is 0. The fourth-order valence-corrected chi connectivity index (χ4v) is 7.69. The normalized spacial score (nSPS) is 16.1. The van der Waals surface area contributed by atoms with E-state index < -0.39 is 0 Å². The molecule has 12 heteroatoms. The summed E-state index contributed by atoms with van der Waals surface area (Å²) in [5, 5.41) is 19.0. The van der Waals surface area contributed by atoms with Gasteiger partial charge in [0.05, 0.1) is 6.67 Å². The molecular weight excluding hydrogens is 769 g/mol. The van der Waals surface area contributed by atoms with E-state index in [1.807, 2.05) is 91.0 Å². The van der Waals surface area contributed by atoms with E-state index >= 15 is 0 Å². The van der Waals surface area contributed by atoms with Crippen molar-refractivity contribution >= 4 is 35.0 Å². The summed E-state index contributed by atoms with van der Waals surface area (Å²) in [5.74, 6) is 3.29. The third kappa shape index (κ3) is 7.48. The molecule has 0 aliphatic carbocycles. The van der Waals surface area contributed by atoms with Gasteiger partial charge in [0.2, 0.25) is 0 Å². The zero-order chi connectivity index (χ0) is 42.4. The number of nitrogens with one attached hydrogen (secondary N) is 4. The predicted octanol–water partition coefficient (Wildman–Crippen LogP) is 8.61. The van der Waals surface area contributed by atoms with Gasteiger partial charge in [-0.1, -0.05) is 92.9 Å². The average molecular weight is 809 g/mol. The topological polar surface area (TPSA) is 160 Å². The summed E-state index contributed by atoms with van der Waals surface area (Å²) in [6, 6.07) is 29.9. The molecule has 12 nitrogen and oxygen atoms in total. The van der Waals surface area contributed by atoms with Crippen LogP contribution in [0, 0.1) is 5.41 Å². The highest BCUT2D eigenvalue weighted by atomic mass is 15.2. The van der Waals surface area contributed by atoms with Gasteiger partial charge in [0.1, 0.15) is 17.5 Å². The van der Waals surface area contributed by atoms with Gasteiger partial charge >= 0.3 is 0 Å². The van der Waals surface area contributed by atoms with Crippen LogP contribution in [0.5, 0.6) is 0 Å². The number of hydrogen-bond donors (Lipinski definition) is 4. The highest BCUT2D eigenvalue weighted by Gasteiger charge is 2.33. The Bertz CT molecular complexity index is 2980. The lowest BCUT2D eigenvalue weighted by Crippen LogP contribution is -2.25. The van der Waals surface area contributed by atoms with Gasteiger partial charge in [0.25, 0.3) is 0 Å². The molecule has 300 valence electrons. The maximum Gasteiger partial charge on any atom is 0.165 e. The van der Waals surface area contributed by atoms with Crippen LogP contribution in [0.15, 0.2) is 202 Å². The first-order valence-electron chi connectivity index (χ1n) is 20.1. The molecule has 62 heavy (non-hydrogen) atoms. The number of aromatic nitrogens is 3. The Morgan fingerprint density at radius 1 is 0.645 bits per heavy atom. The molecule has 0 saturated carbocycles. The molecule has 0 amide bonds. The Labute approximate surface area is 359 Å². The molecule has 0 bridgehead atoms. The molecule has 0 unspecified atom stereocenters. The van der Waals surface area contributed by atoms with E-state index in [0.29, 0.717) is 53.7 Å². The Kier molecular flexibility index (Phi) is 10.9. The molecule has 4 N–H and O–H groups in total. The van der Waals surface area contributed by atoms with Crippen molar-refractivity contribution in [2.75, 3.05) is 6.67 Å². The number of benzene rings is 3. The molecule has 0 radical (unpaired) electrons. The molecule has 0 fully saturated rings. The van der Waals surface area contributed by atoms with Crippen molar-refractivity contribution in [3.05, 3.63) is 211 Å². The summed E-state index contributed by atoms with van der Waals surface area (Å²) >= 11 is 0. The minimum absolute atomic E-state index is 0.149. The maximum atomic E-state index is 8.84. The SMILES string of the molecule is C=C\C=C/C(CC)=C(\N=C1N=C(/N=C2\N/C(=N\C3=NC(=N)c4cccc(-c5ccncc5)c43)c3cccc(-c4ccncc4)c32)c2cccc(-c3ccncc3)c2/1)NCNC=C. The smallest absolute Gasteiger partial charge is 0.165 e. The third-order valence-corrected chi connectivity index (χ3v) is 10.5. The van der Waals surface area contributed by atoms with Crippen LogP contribution < -0.4 is 16.0 Å². The minimum Gasteiger partial charge on any atom is -0.374 e. The van der Waals surface area contributed by atoms with Crippen molar-refractivity contribution in [3.63, 3.8) is 0 Å². The summed E-state index contributed by atoms with van der Waals surface area (Å²) in [6.45, 7) is 10.2. The standard InChI is InChI=1S/C50H40N12/c1-4-7-11-31(5-2)45(56-30-52-6-3)58-49-42-36(33-20-26-54-27-21-33)13-9-16-39(42)47(60-49)62-50-43-37(34-22-28-55-29-23-34)14-10-17-40(43)46(61-50)59-48-41-35(32-18-24-53-25-19-32)12-8-15-38(41)44(51)57-48/h4,6-29,52,56H,1,3,5,30H2,2H3,(H2,51,57,58,59,60,61,62)/b11-7-,45-31-. The van der Waals surface area contributed by atoms with Gasteiger partial charge in [-0.3, -0.25) is 20.4 Å². The monoisotopic (exact) mass is 808 g/mol. The van der Waals surface area contributed by atoms with Crippen molar-refractivity contribution in [2.24, 2.45) is 25.0 Å². The molecular formula is C50H40N12. The molecule has 3 aliphatic rings. The second-order valence-electron chi connectivity index (χ2n) is 14.2. The molecule has 3 aliphatic heterocycles. The molecule has 6 heterocycles. The van der Waals surface area contributed by atoms with E-state index in [1.54, 1.807) is 49.5 Å². The highest BCUT2D eigenvalue weighted by molar-refractivity contribution is 6.35. The van der Waals surface area contributed by atoms with E-state index in [2.05, 4.69) is 63.1 Å². The molecule has 3 aromatic carbocycles. The van der Waals surface area contributed by atoms with Crippen molar-refractivity contribution in [3.8, 4) is 33.4 Å². The summed E-state index contributed by atoms with van der Waals surface area (Å²) in [4.78, 5) is 38.5. The van der Waals surface area contributed by atoms with Crippen LogP contribution in [0.2, 0.25) is 0 Å². The van der Waals surface area contributed by atoms with Crippen LogP contribution in [-0.4, -0.2) is 56.6 Å². The van der Waals surface area contributed by atoms with Crippen LogP contribution in [0.3, 0.4) is 0 Å². The van der Waals surface area contributed by atoms with Crippen molar-refractivity contribution < 1.29 is 0 Å². The Hall–Kier alpha value is -8.51. The second kappa shape index (κ2) is 17.4. The number of amidine groups is 6. The number of rotatable bonds is 11. The van der Waals surface area contributed by atoms with E-state index in [0.717, 1.165) is 66.8 Å². The van der Waals surface area contributed by atoms with Crippen molar-refractivity contribution in [1.29, 1.82) is 5.41 Å². The van der Waals surface area contributed by atoms with Crippen LogP contribution in [0.25, 0.3) is 33.4 Å². The predicted molar refractivity (Wildman–Crippen MR) is 250 cm³/mol. The van der Waals surface area contributed by atoms with Crippen LogP contribution >= 0.6 is 0 Å². The van der Waals surface area contributed by atoms with E-state index in [1.165, 1.54) is 0 Å². The first-order chi connectivity index (χ1) is 30.6. The van der Waals surface area contributed by atoms with Gasteiger partial charge < -0.3 is 16.0 Å². The number of pyridine rings is 3. The Morgan fingerprint density at radius 2 is 1.19 bits per heavy atom. The second-order valence-corrected chi connectivity index (χ2v) is 14.2. The largest absolute Gasteiger partial charge is 0.374 e. The number of hydrogen-bond acceptors (Lipinski definition) is 9. The van der Waals surface area contributed by atoms with Crippen LogP contribution in [0.4, 0.5) is 0 Å². The molecule has 3 aromatic heterocycles. The zero-order valence-electron chi connectivity index (χ0n) is 33.8. The number of allylic oxidation sites excluding steroid dienone is 4. The average Bonchev–Trinajstić information content (AvgIpc) is 3.97. The van der Waals surface area contributed by atoms with E-state index in [-0.39, 0.29) is 5.84 Å². The van der Waals surface area contributed by atoms with Gasteiger partial charge in [-0.05, 0) is 88.0 Å². The Morgan fingerprint density at radius 3 is 1.79 bits per heavy atom. The fourth-order valence-electron chi connectivity index (χ4n) is 7.69. The number of aliphatic imine (C=N–C) groups is 5. The lowest BCUT2D eigenvalue weighted by Gasteiger charge is -2.13. The summed E-state index contributed by atoms with van der Waals surface area (Å²) in [6.07, 6.45) is 18.6. The molecule has 0 atom stereocenters. The molecule has 9 rings (SSSR count). The number of nitrogens with zero attached hydrogens (tertiary/aromatic N) is 8. The zero-order valence-corrected chi connectivity index (χ0v) is 33.8. The Balaban J connectivity index is 1.24. The van der Waals surface area contributed by atoms with E-state index in [9.17, 15) is 0 Å². The van der Waals surface area contributed by atoms with E-state index in [4.69, 9.17) is 30.4 Å². The van der Waals surface area contributed by atoms with Gasteiger partial charge in [-0.2, -0.15) is 0 Å². The van der Waals surface area contributed by atoms with Crippen molar-refractivity contribution in [2.45, 2.75) is 13.3 Å². The quantitative estimate of drug-likeness (QED) is 0.0583. The molecule has 6 aromatic rings. The first-order valence-corrected chi connectivity index (χ1v) is 20.1. The minimum atomic E-state index is 0.149. The summed E-state index contributed by atoms with van der Waals surface area (Å²) in [5.41, 5.74) is 11.4. The van der Waals surface area contributed by atoms with Crippen molar-refractivity contribution in [1.82, 2.24) is 30.9 Å². The fraction of sp³-hybridized carbons (Fsp3) is 0.0600. The third-order valence-electron chi connectivity index (χ3n) is 10.5. The lowest BCUT2D eigenvalue weighted by molar-refractivity contribution is 0.720. The molecule has 0 spiro atoms. The van der Waals surface area contributed by atoms with Gasteiger partial charge in [0, 0.05) is 70.6 Å². The molecule has 0 saturated heterocycles. The maximum absolute atomic E-state index is 8.84. The van der Waals surface area contributed by atoms with Gasteiger partial charge in [-0.25, -0.2) is 25.0 Å². The lowest BCUT2D eigenvalue weighted by atomic mass is 9.95. The summed E-state index contributed by atoms with van der Waals surface area (Å²) in [7, 11) is 0. The van der Waals surface area contributed by atoms with Gasteiger partial charge in [0.15, 0.2) is 23.3 Å². The van der Waals surface area contributed by atoms with Crippen LogP contribution in [0.1, 0.15) is 46.7 Å². The van der Waals surface area contributed by atoms with Gasteiger partial charge in [-0.15, -0.1) is 0 Å².